The van der Waals surface area contributed by atoms with Gasteiger partial charge in [-0.1, -0.05) is 0 Å². The average Bonchev–Trinajstić information content (AvgIpc) is 3.06. The number of esters is 1. The average molecular weight is 319 g/mol. The van der Waals surface area contributed by atoms with Crippen LogP contribution in [0.3, 0.4) is 0 Å². The Kier molecular flexibility index (Phi) is 6.62. The van der Waals surface area contributed by atoms with Crippen LogP contribution in [0.1, 0.15) is 19.8 Å². The molecule has 0 spiro atoms. The van der Waals surface area contributed by atoms with Crippen molar-refractivity contribution < 1.29 is 23.8 Å². The number of benzene rings is 1. The van der Waals surface area contributed by atoms with Crippen molar-refractivity contribution in [3.63, 3.8) is 0 Å². The molecule has 0 aromatic heterocycles. The van der Waals surface area contributed by atoms with Crippen LogP contribution in [0.2, 0.25) is 0 Å². The highest BCUT2D eigenvalue weighted by Crippen LogP contribution is 2.18. The smallest absolute Gasteiger partial charge is 0.330 e. The van der Waals surface area contributed by atoms with Gasteiger partial charge < -0.3 is 19.5 Å². The number of carbonyl (C=O) groups excluding carboxylic acids is 2. The molecular weight excluding hydrogens is 298 g/mol. The molecule has 6 heteroatoms. The summed E-state index contributed by atoms with van der Waals surface area (Å²) in [4.78, 5) is 22.8. The van der Waals surface area contributed by atoms with Crippen molar-refractivity contribution in [3.05, 3.63) is 36.4 Å². The molecule has 0 aliphatic carbocycles. The molecule has 0 saturated carbocycles. The van der Waals surface area contributed by atoms with Crippen molar-refractivity contribution in [2.24, 2.45) is 0 Å². The van der Waals surface area contributed by atoms with Crippen molar-refractivity contribution in [2.45, 2.75) is 25.9 Å². The van der Waals surface area contributed by atoms with E-state index < -0.39 is 11.9 Å². The lowest BCUT2D eigenvalue weighted by Crippen LogP contribution is -2.16. The molecule has 0 bridgehead atoms. The van der Waals surface area contributed by atoms with Gasteiger partial charge in [-0.2, -0.15) is 0 Å². The van der Waals surface area contributed by atoms with Gasteiger partial charge in [0.25, 0.3) is 0 Å². The SMILES string of the molecule is CCOC(=O)C=CC(=O)Nc1ccc(OCC2CCCO2)cc1. The summed E-state index contributed by atoms with van der Waals surface area (Å²) < 4.78 is 15.8. The lowest BCUT2D eigenvalue weighted by molar-refractivity contribution is -0.137. The molecule has 2 rings (SSSR count). The second-order valence-corrected chi connectivity index (χ2v) is 5.05. The Morgan fingerprint density at radius 2 is 2.09 bits per heavy atom. The Morgan fingerprint density at radius 1 is 1.30 bits per heavy atom. The number of rotatable bonds is 7. The zero-order valence-corrected chi connectivity index (χ0v) is 13.1. The number of anilines is 1. The topological polar surface area (TPSA) is 73.9 Å². The number of hydrogen-bond acceptors (Lipinski definition) is 5. The Labute approximate surface area is 135 Å². The summed E-state index contributed by atoms with van der Waals surface area (Å²) in [5.74, 6) is -0.216. The molecule has 1 saturated heterocycles. The van der Waals surface area contributed by atoms with Crippen molar-refractivity contribution in [1.82, 2.24) is 0 Å². The van der Waals surface area contributed by atoms with Crippen molar-refractivity contribution >= 4 is 17.6 Å². The highest BCUT2D eigenvalue weighted by atomic mass is 16.5. The molecule has 1 aromatic carbocycles. The predicted molar refractivity (Wildman–Crippen MR) is 85.3 cm³/mol. The molecule has 1 amide bonds. The lowest BCUT2D eigenvalue weighted by Gasteiger charge is -2.11. The van der Waals surface area contributed by atoms with Crippen LogP contribution >= 0.6 is 0 Å². The van der Waals surface area contributed by atoms with Crippen molar-refractivity contribution in [2.75, 3.05) is 25.1 Å². The molecule has 0 radical (unpaired) electrons. The van der Waals surface area contributed by atoms with Crippen LogP contribution in [0.15, 0.2) is 36.4 Å². The van der Waals surface area contributed by atoms with Gasteiger partial charge in [0, 0.05) is 24.4 Å². The van der Waals surface area contributed by atoms with Crippen molar-refractivity contribution in [1.29, 1.82) is 0 Å². The second-order valence-electron chi connectivity index (χ2n) is 5.05. The number of amides is 1. The van der Waals surface area contributed by atoms with Crippen LogP contribution in [0.5, 0.6) is 5.75 Å². The molecule has 1 atom stereocenters. The monoisotopic (exact) mass is 319 g/mol. The highest BCUT2D eigenvalue weighted by Gasteiger charge is 2.15. The van der Waals surface area contributed by atoms with E-state index in [0.717, 1.165) is 37.4 Å². The van der Waals surface area contributed by atoms with E-state index in [4.69, 9.17) is 14.2 Å². The fourth-order valence-electron chi connectivity index (χ4n) is 2.12. The van der Waals surface area contributed by atoms with Gasteiger partial charge >= 0.3 is 5.97 Å². The predicted octanol–water partition coefficient (Wildman–Crippen LogP) is 2.30. The summed E-state index contributed by atoms with van der Waals surface area (Å²) in [5.41, 5.74) is 0.618. The third kappa shape index (κ3) is 6.12. The first-order chi connectivity index (χ1) is 11.2. The molecule has 1 aliphatic rings. The first kappa shape index (κ1) is 17.0. The van der Waals surface area contributed by atoms with E-state index in [2.05, 4.69) is 5.32 Å². The summed E-state index contributed by atoms with van der Waals surface area (Å²) in [6, 6.07) is 7.03. The molecule has 6 nitrogen and oxygen atoms in total. The third-order valence-corrected chi connectivity index (χ3v) is 3.24. The van der Waals surface area contributed by atoms with Crippen LogP contribution in [0, 0.1) is 0 Å². The van der Waals surface area contributed by atoms with Gasteiger partial charge in [-0.3, -0.25) is 4.79 Å². The van der Waals surface area contributed by atoms with E-state index in [1.165, 1.54) is 0 Å². The standard InChI is InChI=1S/C17H21NO5/c1-2-21-17(20)10-9-16(19)18-13-5-7-14(8-6-13)23-12-15-4-3-11-22-15/h5-10,15H,2-4,11-12H2,1H3,(H,18,19). The molecule has 1 heterocycles. The Hall–Kier alpha value is -2.34. The molecule has 23 heavy (non-hydrogen) atoms. The molecule has 124 valence electrons. The Balaban J connectivity index is 1.77. The van der Waals surface area contributed by atoms with Gasteiger partial charge in [-0.15, -0.1) is 0 Å². The summed E-state index contributed by atoms with van der Waals surface area (Å²) in [5, 5.41) is 2.65. The maximum Gasteiger partial charge on any atom is 0.330 e. The number of nitrogens with one attached hydrogen (secondary N) is 1. The van der Waals surface area contributed by atoms with E-state index in [9.17, 15) is 9.59 Å². The fourth-order valence-corrected chi connectivity index (χ4v) is 2.12. The van der Waals surface area contributed by atoms with Gasteiger partial charge in [-0.25, -0.2) is 4.79 Å². The fraction of sp³-hybridized carbons (Fsp3) is 0.412. The molecule has 1 aromatic rings. The van der Waals surface area contributed by atoms with Crippen LogP contribution in [-0.4, -0.2) is 37.8 Å². The highest BCUT2D eigenvalue weighted by molar-refractivity contribution is 6.02. The summed E-state index contributed by atoms with van der Waals surface area (Å²) in [6.07, 6.45) is 4.51. The maximum atomic E-state index is 11.7. The van der Waals surface area contributed by atoms with Crippen LogP contribution in [0.4, 0.5) is 5.69 Å². The first-order valence-corrected chi connectivity index (χ1v) is 7.67. The van der Waals surface area contributed by atoms with Gasteiger partial charge in [0.1, 0.15) is 12.4 Å². The quantitative estimate of drug-likeness (QED) is 0.616. The van der Waals surface area contributed by atoms with Gasteiger partial charge in [0.05, 0.1) is 12.7 Å². The van der Waals surface area contributed by atoms with Crippen LogP contribution in [-0.2, 0) is 19.1 Å². The zero-order valence-electron chi connectivity index (χ0n) is 13.1. The minimum absolute atomic E-state index is 0.169. The maximum absolute atomic E-state index is 11.7. The summed E-state index contributed by atoms with van der Waals surface area (Å²) in [7, 11) is 0. The summed E-state index contributed by atoms with van der Waals surface area (Å²) in [6.45, 7) is 3.32. The number of ether oxygens (including phenoxy) is 3. The summed E-state index contributed by atoms with van der Waals surface area (Å²) >= 11 is 0. The number of hydrogen-bond donors (Lipinski definition) is 1. The van der Waals surface area contributed by atoms with Crippen molar-refractivity contribution in [3.8, 4) is 5.75 Å². The van der Waals surface area contributed by atoms with Crippen LogP contribution in [0.25, 0.3) is 0 Å². The van der Waals surface area contributed by atoms with Gasteiger partial charge in [0.15, 0.2) is 0 Å². The number of carbonyl (C=O) groups is 2. The van der Waals surface area contributed by atoms with Gasteiger partial charge in [-0.05, 0) is 44.0 Å². The normalized spacial score (nSPS) is 17.2. The molecule has 1 aliphatic heterocycles. The Morgan fingerprint density at radius 3 is 2.74 bits per heavy atom. The minimum Gasteiger partial charge on any atom is -0.491 e. The Bertz CT molecular complexity index is 547. The van der Waals surface area contributed by atoms with E-state index in [-0.39, 0.29) is 12.7 Å². The largest absolute Gasteiger partial charge is 0.491 e. The molecule has 1 unspecified atom stereocenters. The first-order valence-electron chi connectivity index (χ1n) is 7.67. The van der Waals surface area contributed by atoms with E-state index in [0.29, 0.717) is 12.3 Å². The molecule has 1 N–H and O–H groups in total. The lowest BCUT2D eigenvalue weighted by atomic mass is 10.2. The van der Waals surface area contributed by atoms with Crippen LogP contribution < -0.4 is 10.1 Å². The second kappa shape index (κ2) is 8.95. The van der Waals surface area contributed by atoms with E-state index in [1.54, 1.807) is 31.2 Å². The van der Waals surface area contributed by atoms with E-state index >= 15 is 0 Å². The van der Waals surface area contributed by atoms with E-state index in [1.807, 2.05) is 0 Å². The zero-order chi connectivity index (χ0) is 16.5. The minimum atomic E-state index is -0.541. The van der Waals surface area contributed by atoms with Gasteiger partial charge in [0.2, 0.25) is 5.91 Å². The third-order valence-electron chi connectivity index (χ3n) is 3.24. The molecule has 1 fully saturated rings. The molecular formula is C17H21NO5.